The van der Waals surface area contributed by atoms with E-state index < -0.39 is 0 Å². The van der Waals surface area contributed by atoms with E-state index in [9.17, 15) is 9.18 Å². The number of pyridine rings is 1. The lowest BCUT2D eigenvalue weighted by Gasteiger charge is -2.03. The number of nitrogens with one attached hydrogen (secondary N) is 1. The second-order valence-corrected chi connectivity index (χ2v) is 4.90. The third-order valence-corrected chi connectivity index (χ3v) is 3.10. The molecule has 0 atom stereocenters. The minimum absolute atomic E-state index is 0.0813. The molecule has 3 aromatic rings. The maximum atomic E-state index is 13.3. The highest BCUT2D eigenvalue weighted by Crippen LogP contribution is 2.17. The average molecular weight is 312 g/mol. The molecule has 0 bridgehead atoms. The van der Waals surface area contributed by atoms with Crippen LogP contribution >= 0.6 is 0 Å². The van der Waals surface area contributed by atoms with E-state index in [0.717, 1.165) is 0 Å². The van der Waals surface area contributed by atoms with Gasteiger partial charge in [-0.1, -0.05) is 0 Å². The molecule has 0 fully saturated rings. The Bertz CT molecular complexity index is 833. The first-order valence-corrected chi connectivity index (χ1v) is 6.86. The first kappa shape index (κ1) is 14.8. The van der Waals surface area contributed by atoms with Crippen LogP contribution in [0.2, 0.25) is 0 Å². The molecule has 0 unspecified atom stereocenters. The van der Waals surface area contributed by atoms with E-state index in [4.69, 9.17) is 0 Å². The number of halogens is 1. The van der Waals surface area contributed by atoms with Crippen molar-refractivity contribution < 1.29 is 9.18 Å². The first-order chi connectivity index (χ1) is 11.1. The number of benzene rings is 1. The zero-order valence-electron chi connectivity index (χ0n) is 12.3. The van der Waals surface area contributed by atoms with E-state index >= 15 is 0 Å². The van der Waals surface area contributed by atoms with Gasteiger partial charge < -0.3 is 5.32 Å². The monoisotopic (exact) mass is 312 g/mol. The fraction of sp³-hybridized carbons (Fsp3) is 0.133. The smallest absolute Gasteiger partial charge is 0.248 e. The largest absolute Gasteiger partial charge is 0.323 e. The third-order valence-electron chi connectivity index (χ3n) is 3.10. The summed E-state index contributed by atoms with van der Waals surface area (Å²) in [7, 11) is 0. The Kier molecular flexibility index (Phi) is 4.05. The number of aromatic nitrogens is 5. The molecule has 0 saturated heterocycles. The molecule has 0 aliphatic heterocycles. The van der Waals surface area contributed by atoms with Gasteiger partial charge in [0.25, 0.3) is 0 Å². The van der Waals surface area contributed by atoms with Crippen molar-refractivity contribution in [2.45, 2.75) is 13.5 Å². The number of carbonyl (C=O) groups excluding carboxylic acids is 1. The highest BCUT2D eigenvalue weighted by molar-refractivity contribution is 5.90. The molecule has 3 rings (SSSR count). The summed E-state index contributed by atoms with van der Waals surface area (Å²) in [4.78, 5) is 17.0. The highest BCUT2D eigenvalue weighted by atomic mass is 19.1. The normalized spacial score (nSPS) is 10.5. The molecule has 1 amide bonds. The summed E-state index contributed by atoms with van der Waals surface area (Å²) in [5.74, 6) is -0.253. The van der Waals surface area contributed by atoms with Crippen LogP contribution in [0.1, 0.15) is 5.56 Å². The van der Waals surface area contributed by atoms with Gasteiger partial charge in [-0.3, -0.25) is 9.78 Å². The summed E-state index contributed by atoms with van der Waals surface area (Å²) in [5, 5.41) is 14.5. The van der Waals surface area contributed by atoms with Gasteiger partial charge in [0.15, 0.2) is 0 Å². The zero-order valence-corrected chi connectivity index (χ0v) is 12.3. The highest BCUT2D eigenvalue weighted by Gasteiger charge is 2.10. The van der Waals surface area contributed by atoms with E-state index in [-0.39, 0.29) is 18.3 Å². The summed E-state index contributed by atoms with van der Waals surface area (Å²) >= 11 is 0. The average Bonchev–Trinajstić information content (AvgIpc) is 2.99. The molecular weight excluding hydrogens is 299 g/mol. The third kappa shape index (κ3) is 3.54. The lowest BCUT2D eigenvalue weighted by molar-refractivity contribution is -0.117. The number of carbonyl (C=O) groups is 1. The molecule has 0 aliphatic carbocycles. The molecule has 116 valence electrons. The van der Waals surface area contributed by atoms with Gasteiger partial charge >= 0.3 is 0 Å². The molecule has 1 N–H and O–H groups in total. The summed E-state index contributed by atoms with van der Waals surface area (Å²) in [6.45, 7) is 1.58. The van der Waals surface area contributed by atoms with Crippen LogP contribution in [0.15, 0.2) is 42.7 Å². The van der Waals surface area contributed by atoms with Gasteiger partial charge in [-0.05, 0) is 48.0 Å². The van der Waals surface area contributed by atoms with Gasteiger partial charge in [0.2, 0.25) is 11.7 Å². The SMILES string of the molecule is Cc1cc(-c2nnn(CC(=O)Nc3cccnc3)n2)ccc1F. The Morgan fingerprint density at radius 1 is 1.35 bits per heavy atom. The van der Waals surface area contributed by atoms with E-state index in [2.05, 4.69) is 25.7 Å². The molecule has 23 heavy (non-hydrogen) atoms. The Hall–Kier alpha value is -3.16. The van der Waals surface area contributed by atoms with Crippen LogP contribution < -0.4 is 5.32 Å². The summed E-state index contributed by atoms with van der Waals surface area (Å²) in [6, 6.07) is 8.00. The van der Waals surface area contributed by atoms with Crippen LogP contribution in [0.4, 0.5) is 10.1 Å². The van der Waals surface area contributed by atoms with E-state index in [1.165, 1.54) is 10.9 Å². The standard InChI is InChI=1S/C15H13FN6O/c1-10-7-11(4-5-13(10)16)15-19-21-22(20-15)9-14(23)18-12-3-2-6-17-8-12/h2-8H,9H2,1H3,(H,18,23). The van der Waals surface area contributed by atoms with Crippen molar-refractivity contribution in [3.8, 4) is 11.4 Å². The number of rotatable bonds is 4. The van der Waals surface area contributed by atoms with Gasteiger partial charge in [-0.25, -0.2) is 4.39 Å². The molecule has 1 aromatic carbocycles. The topological polar surface area (TPSA) is 85.6 Å². The fourth-order valence-corrected chi connectivity index (χ4v) is 1.98. The van der Waals surface area contributed by atoms with Crippen molar-refractivity contribution in [2.24, 2.45) is 0 Å². The number of hydrogen-bond acceptors (Lipinski definition) is 5. The van der Waals surface area contributed by atoms with Gasteiger partial charge in [-0.2, -0.15) is 4.80 Å². The van der Waals surface area contributed by atoms with Crippen LogP contribution in [0.25, 0.3) is 11.4 Å². The number of anilines is 1. The predicted octanol–water partition coefficient (Wildman–Crippen LogP) is 1.82. The Morgan fingerprint density at radius 3 is 2.96 bits per heavy atom. The Morgan fingerprint density at radius 2 is 2.22 bits per heavy atom. The first-order valence-electron chi connectivity index (χ1n) is 6.86. The summed E-state index contributed by atoms with van der Waals surface area (Å²) in [5.41, 5.74) is 1.72. The number of aryl methyl sites for hydroxylation is 1. The minimum atomic E-state index is -0.294. The van der Waals surface area contributed by atoms with Crippen molar-refractivity contribution in [3.05, 3.63) is 54.1 Å². The zero-order chi connectivity index (χ0) is 16.2. The van der Waals surface area contributed by atoms with Gasteiger partial charge in [0.05, 0.1) is 11.9 Å². The second kappa shape index (κ2) is 6.30. The minimum Gasteiger partial charge on any atom is -0.323 e. The number of nitrogens with zero attached hydrogens (tertiary/aromatic N) is 5. The molecule has 2 heterocycles. The Balaban J connectivity index is 1.69. The van der Waals surface area contributed by atoms with Gasteiger partial charge in [-0.15, -0.1) is 10.2 Å². The molecule has 8 heteroatoms. The van der Waals surface area contributed by atoms with Crippen molar-refractivity contribution in [1.29, 1.82) is 0 Å². The summed E-state index contributed by atoms with van der Waals surface area (Å²) < 4.78 is 13.3. The van der Waals surface area contributed by atoms with Crippen LogP contribution in [-0.2, 0) is 11.3 Å². The molecule has 7 nitrogen and oxygen atoms in total. The maximum Gasteiger partial charge on any atom is 0.248 e. The van der Waals surface area contributed by atoms with Crippen LogP contribution in [0, 0.1) is 12.7 Å². The predicted molar refractivity (Wildman–Crippen MR) is 80.8 cm³/mol. The van der Waals surface area contributed by atoms with Gasteiger partial charge in [0.1, 0.15) is 12.4 Å². The number of hydrogen-bond donors (Lipinski definition) is 1. The van der Waals surface area contributed by atoms with Crippen LogP contribution in [0.3, 0.4) is 0 Å². The summed E-state index contributed by atoms with van der Waals surface area (Å²) in [6.07, 6.45) is 3.16. The molecule has 0 spiro atoms. The molecule has 0 aliphatic rings. The lowest BCUT2D eigenvalue weighted by Crippen LogP contribution is -2.20. The van der Waals surface area contributed by atoms with E-state index in [0.29, 0.717) is 22.6 Å². The molecule has 2 aromatic heterocycles. The van der Waals surface area contributed by atoms with Crippen LogP contribution in [-0.4, -0.2) is 31.1 Å². The Labute approximate surface area is 131 Å². The van der Waals surface area contributed by atoms with E-state index in [1.807, 2.05) is 0 Å². The lowest BCUT2D eigenvalue weighted by atomic mass is 10.1. The van der Waals surface area contributed by atoms with Crippen LogP contribution in [0.5, 0.6) is 0 Å². The quantitative estimate of drug-likeness (QED) is 0.794. The fourth-order valence-electron chi connectivity index (χ4n) is 1.98. The molecule has 0 saturated carbocycles. The second-order valence-electron chi connectivity index (χ2n) is 4.90. The van der Waals surface area contributed by atoms with Crippen molar-refractivity contribution in [1.82, 2.24) is 25.2 Å². The van der Waals surface area contributed by atoms with Crippen molar-refractivity contribution in [2.75, 3.05) is 5.32 Å². The van der Waals surface area contributed by atoms with Crippen molar-refractivity contribution >= 4 is 11.6 Å². The van der Waals surface area contributed by atoms with Gasteiger partial charge in [0, 0.05) is 11.8 Å². The van der Waals surface area contributed by atoms with Crippen molar-refractivity contribution in [3.63, 3.8) is 0 Å². The molecular formula is C15H13FN6O. The number of amides is 1. The maximum absolute atomic E-state index is 13.3. The van der Waals surface area contributed by atoms with E-state index in [1.54, 1.807) is 43.6 Å². The number of tetrazole rings is 1. The molecule has 0 radical (unpaired) electrons.